The molecule has 1 aliphatic carbocycles. The number of nitrogens with two attached hydrogens (primary N) is 1. The van der Waals surface area contributed by atoms with Gasteiger partial charge >= 0.3 is 0 Å². The second-order valence-electron chi connectivity index (χ2n) is 7.22. The first-order valence-corrected chi connectivity index (χ1v) is 7.64. The lowest BCUT2D eigenvalue weighted by molar-refractivity contribution is 0.210. The van der Waals surface area contributed by atoms with Gasteiger partial charge in [-0.05, 0) is 42.4 Å². The molecule has 2 N–H and O–H groups in total. The van der Waals surface area contributed by atoms with Crippen molar-refractivity contribution in [1.29, 1.82) is 0 Å². The largest absolute Gasteiger partial charge is 0.399 e. The molecular weight excluding hydrogens is 246 g/mol. The first-order valence-electron chi connectivity index (χ1n) is 7.64. The minimum atomic E-state index is 0.263. The van der Waals surface area contributed by atoms with Gasteiger partial charge in [-0.15, -0.1) is 0 Å². The standard InChI is InChI=1S/C17H25N3/c1-11(2)17(3,4)10-20-15-8-7-13(18)9-14(15)19-16(20)12-5-6-12/h7-9,11-12H,5-6,10,18H2,1-4H3. The van der Waals surface area contributed by atoms with Crippen LogP contribution in [0.15, 0.2) is 18.2 Å². The number of hydrogen-bond acceptors (Lipinski definition) is 2. The van der Waals surface area contributed by atoms with E-state index in [0.29, 0.717) is 11.8 Å². The highest BCUT2D eigenvalue weighted by Gasteiger charge is 2.32. The Morgan fingerprint density at radius 2 is 2.05 bits per heavy atom. The monoisotopic (exact) mass is 271 g/mol. The summed E-state index contributed by atoms with van der Waals surface area (Å²) in [6.45, 7) is 10.3. The van der Waals surface area contributed by atoms with Gasteiger partial charge in [0.1, 0.15) is 5.82 Å². The molecule has 1 heterocycles. The van der Waals surface area contributed by atoms with Crippen molar-refractivity contribution in [2.45, 2.75) is 53.0 Å². The molecule has 0 aliphatic heterocycles. The lowest BCUT2D eigenvalue weighted by atomic mass is 9.81. The van der Waals surface area contributed by atoms with Crippen molar-refractivity contribution in [1.82, 2.24) is 9.55 Å². The summed E-state index contributed by atoms with van der Waals surface area (Å²) in [5.41, 5.74) is 9.24. The number of fused-ring (bicyclic) bond motifs is 1. The number of imidazole rings is 1. The summed E-state index contributed by atoms with van der Waals surface area (Å²) < 4.78 is 2.44. The topological polar surface area (TPSA) is 43.8 Å². The van der Waals surface area contributed by atoms with Crippen LogP contribution in [0, 0.1) is 11.3 Å². The normalized spacial score (nSPS) is 16.2. The molecule has 3 rings (SSSR count). The summed E-state index contributed by atoms with van der Waals surface area (Å²) in [5, 5.41) is 0. The van der Waals surface area contributed by atoms with E-state index in [2.05, 4.69) is 38.3 Å². The highest BCUT2D eigenvalue weighted by molar-refractivity contribution is 5.80. The Balaban J connectivity index is 2.09. The van der Waals surface area contributed by atoms with Crippen LogP contribution in [0.3, 0.4) is 0 Å². The molecule has 108 valence electrons. The second-order valence-corrected chi connectivity index (χ2v) is 7.22. The summed E-state index contributed by atoms with van der Waals surface area (Å²) in [6.07, 6.45) is 2.56. The number of rotatable bonds is 4. The molecule has 1 aromatic heterocycles. The Kier molecular flexibility index (Phi) is 3.03. The summed E-state index contributed by atoms with van der Waals surface area (Å²) in [5.74, 6) is 2.56. The highest BCUT2D eigenvalue weighted by atomic mass is 15.1. The maximum atomic E-state index is 5.90. The number of aromatic nitrogens is 2. The van der Waals surface area contributed by atoms with Crippen LogP contribution in [0.25, 0.3) is 11.0 Å². The molecule has 0 radical (unpaired) electrons. The lowest BCUT2D eigenvalue weighted by Crippen LogP contribution is -2.26. The van der Waals surface area contributed by atoms with E-state index >= 15 is 0 Å². The second kappa shape index (κ2) is 4.51. The van der Waals surface area contributed by atoms with E-state index in [0.717, 1.165) is 17.7 Å². The molecule has 1 aliphatic rings. The quantitative estimate of drug-likeness (QED) is 0.848. The van der Waals surface area contributed by atoms with Gasteiger partial charge in [0.25, 0.3) is 0 Å². The molecule has 20 heavy (non-hydrogen) atoms. The predicted molar refractivity (Wildman–Crippen MR) is 84.7 cm³/mol. The van der Waals surface area contributed by atoms with Crippen LogP contribution >= 0.6 is 0 Å². The fourth-order valence-corrected chi connectivity index (χ4v) is 2.57. The lowest BCUT2D eigenvalue weighted by Gasteiger charge is -2.30. The van der Waals surface area contributed by atoms with Crippen molar-refractivity contribution in [2.75, 3.05) is 5.73 Å². The Labute approximate surface area is 121 Å². The van der Waals surface area contributed by atoms with E-state index in [1.807, 2.05) is 12.1 Å². The fourth-order valence-electron chi connectivity index (χ4n) is 2.57. The minimum Gasteiger partial charge on any atom is -0.399 e. The molecule has 3 heteroatoms. The van der Waals surface area contributed by atoms with E-state index < -0.39 is 0 Å². The molecule has 2 aromatic rings. The molecule has 1 aromatic carbocycles. The number of benzene rings is 1. The van der Waals surface area contributed by atoms with Crippen LogP contribution < -0.4 is 5.73 Å². The fraction of sp³-hybridized carbons (Fsp3) is 0.588. The van der Waals surface area contributed by atoms with Crippen molar-refractivity contribution >= 4 is 16.7 Å². The number of hydrogen-bond donors (Lipinski definition) is 1. The highest BCUT2D eigenvalue weighted by Crippen LogP contribution is 2.42. The van der Waals surface area contributed by atoms with E-state index in [-0.39, 0.29) is 5.41 Å². The van der Waals surface area contributed by atoms with Crippen LogP contribution in [0.5, 0.6) is 0 Å². The van der Waals surface area contributed by atoms with Gasteiger partial charge in [-0.3, -0.25) is 0 Å². The maximum Gasteiger partial charge on any atom is 0.113 e. The number of nitrogens with zero attached hydrogens (tertiary/aromatic N) is 2. The van der Waals surface area contributed by atoms with Crippen molar-refractivity contribution in [3.8, 4) is 0 Å². The molecule has 0 amide bonds. The molecule has 0 bridgehead atoms. The number of nitrogen functional groups attached to an aromatic ring is 1. The van der Waals surface area contributed by atoms with Crippen LogP contribution in [0.1, 0.15) is 52.3 Å². The molecular formula is C17H25N3. The van der Waals surface area contributed by atoms with Crippen LogP contribution in [-0.2, 0) is 6.54 Å². The Morgan fingerprint density at radius 1 is 1.35 bits per heavy atom. The zero-order chi connectivity index (χ0) is 14.5. The predicted octanol–water partition coefficient (Wildman–Crippen LogP) is 4.18. The summed E-state index contributed by atoms with van der Waals surface area (Å²) in [4.78, 5) is 4.86. The minimum absolute atomic E-state index is 0.263. The average Bonchev–Trinajstić information content (AvgIpc) is 3.14. The van der Waals surface area contributed by atoms with Crippen molar-refractivity contribution in [3.05, 3.63) is 24.0 Å². The van der Waals surface area contributed by atoms with Gasteiger partial charge in [0.05, 0.1) is 11.0 Å². The van der Waals surface area contributed by atoms with Gasteiger partial charge in [-0.2, -0.15) is 0 Å². The van der Waals surface area contributed by atoms with E-state index in [1.54, 1.807) is 0 Å². The van der Waals surface area contributed by atoms with Crippen molar-refractivity contribution in [3.63, 3.8) is 0 Å². The first kappa shape index (κ1) is 13.5. The maximum absolute atomic E-state index is 5.90. The summed E-state index contributed by atoms with van der Waals surface area (Å²) in [6, 6.07) is 6.11. The van der Waals surface area contributed by atoms with Crippen LogP contribution in [0.4, 0.5) is 5.69 Å². The summed E-state index contributed by atoms with van der Waals surface area (Å²) >= 11 is 0. The summed E-state index contributed by atoms with van der Waals surface area (Å²) in [7, 11) is 0. The molecule has 0 saturated heterocycles. The molecule has 0 unspecified atom stereocenters. The smallest absolute Gasteiger partial charge is 0.113 e. The third-order valence-corrected chi connectivity index (χ3v) is 4.87. The van der Waals surface area contributed by atoms with Crippen LogP contribution in [-0.4, -0.2) is 9.55 Å². The first-order chi connectivity index (χ1) is 9.38. The van der Waals surface area contributed by atoms with E-state index in [4.69, 9.17) is 10.7 Å². The molecule has 3 nitrogen and oxygen atoms in total. The SMILES string of the molecule is CC(C)C(C)(C)Cn1c(C2CC2)nc2cc(N)ccc21. The molecule has 0 atom stereocenters. The molecule has 1 fully saturated rings. The number of anilines is 1. The Morgan fingerprint density at radius 3 is 2.65 bits per heavy atom. The van der Waals surface area contributed by atoms with E-state index in [1.165, 1.54) is 24.2 Å². The van der Waals surface area contributed by atoms with Gasteiger partial charge in [0, 0.05) is 18.2 Å². The van der Waals surface area contributed by atoms with Gasteiger partial charge in [0.2, 0.25) is 0 Å². The van der Waals surface area contributed by atoms with Gasteiger partial charge in [0.15, 0.2) is 0 Å². The van der Waals surface area contributed by atoms with Crippen molar-refractivity contribution in [2.24, 2.45) is 11.3 Å². The van der Waals surface area contributed by atoms with E-state index in [9.17, 15) is 0 Å². The third kappa shape index (κ3) is 2.30. The van der Waals surface area contributed by atoms with Crippen LogP contribution in [0.2, 0.25) is 0 Å². The average molecular weight is 271 g/mol. The third-order valence-electron chi connectivity index (χ3n) is 4.87. The van der Waals surface area contributed by atoms with Gasteiger partial charge in [-0.25, -0.2) is 4.98 Å². The Bertz CT molecular complexity index is 633. The molecule has 1 saturated carbocycles. The zero-order valence-corrected chi connectivity index (χ0v) is 13.0. The van der Waals surface area contributed by atoms with Crippen molar-refractivity contribution < 1.29 is 0 Å². The van der Waals surface area contributed by atoms with Gasteiger partial charge in [-0.1, -0.05) is 27.7 Å². The zero-order valence-electron chi connectivity index (χ0n) is 13.0. The Hall–Kier alpha value is -1.51. The van der Waals surface area contributed by atoms with Gasteiger partial charge < -0.3 is 10.3 Å². The molecule has 0 spiro atoms.